The fourth-order valence-electron chi connectivity index (χ4n) is 4.82. The molecule has 0 radical (unpaired) electrons. The molecule has 3 N–H and O–H groups in total. The van der Waals surface area contributed by atoms with Crippen LogP contribution >= 0.6 is 0 Å². The first-order chi connectivity index (χ1) is 15.9. The Morgan fingerprint density at radius 2 is 1.94 bits per heavy atom. The lowest BCUT2D eigenvalue weighted by atomic mass is 9.96. The Balaban J connectivity index is 1.36. The number of rotatable bonds is 8. The van der Waals surface area contributed by atoms with Crippen LogP contribution in [-0.4, -0.2) is 30.5 Å². The number of carboxylic acid groups (broad SMARTS) is 1. The van der Waals surface area contributed by atoms with Crippen LogP contribution in [-0.2, 0) is 34.1 Å². The molecule has 1 aliphatic carbocycles. The van der Waals surface area contributed by atoms with Crippen LogP contribution < -0.4 is 4.72 Å². The van der Waals surface area contributed by atoms with Gasteiger partial charge in [-0.25, -0.2) is 8.42 Å². The number of aromatic amines is 1. The number of carbonyl (C=O) groups is 1. The fourth-order valence-corrected chi connectivity index (χ4v) is 6.29. The van der Waals surface area contributed by atoms with E-state index in [0.29, 0.717) is 23.8 Å². The number of sulfonamides is 1. The SMILES string of the molecule is O=C(O)[C@@H](CCCc1c[nH]c2ccccc12)NS(=O)(=O)c1cccc2oc3c(c12)CCCC3. The Morgan fingerprint density at radius 1 is 1.12 bits per heavy atom. The Kier molecular flexibility index (Phi) is 5.72. The molecule has 33 heavy (non-hydrogen) atoms. The van der Waals surface area contributed by atoms with E-state index in [1.807, 2.05) is 30.5 Å². The van der Waals surface area contributed by atoms with Gasteiger partial charge in [0.15, 0.2) is 0 Å². The number of hydrogen-bond donors (Lipinski definition) is 3. The van der Waals surface area contributed by atoms with Crippen LogP contribution in [0.4, 0.5) is 0 Å². The second kappa shape index (κ2) is 8.68. The Bertz CT molecular complexity index is 1430. The number of nitrogens with one attached hydrogen (secondary N) is 2. The van der Waals surface area contributed by atoms with Crippen LogP contribution in [0, 0.1) is 0 Å². The molecule has 1 atom stereocenters. The standard InChI is InChI=1S/C25H26N2O5S/c28-25(29)20(11-5-7-16-15-26-19-10-3-1-8-17(16)19)27-33(30,31)23-14-6-13-22-24(23)18-9-2-4-12-21(18)32-22/h1,3,6,8,10,13-15,20,26-27H,2,4-5,7,9,11-12H2,(H,28,29)/t20-/m1/s1. The van der Waals surface area contributed by atoms with E-state index < -0.39 is 22.0 Å². The van der Waals surface area contributed by atoms with Crippen LogP contribution in [0.15, 0.2) is 58.0 Å². The normalized spacial score (nSPS) is 15.0. The molecule has 0 bridgehead atoms. The van der Waals surface area contributed by atoms with Gasteiger partial charge in [0.2, 0.25) is 10.0 Å². The molecule has 7 nitrogen and oxygen atoms in total. The molecule has 0 saturated heterocycles. The Morgan fingerprint density at radius 3 is 2.79 bits per heavy atom. The first-order valence-electron chi connectivity index (χ1n) is 11.3. The summed E-state index contributed by atoms with van der Waals surface area (Å²) >= 11 is 0. The van der Waals surface area contributed by atoms with Crippen LogP contribution in [0.2, 0.25) is 0 Å². The maximum Gasteiger partial charge on any atom is 0.321 e. The summed E-state index contributed by atoms with van der Waals surface area (Å²) in [4.78, 5) is 15.2. The zero-order chi connectivity index (χ0) is 23.0. The average molecular weight is 467 g/mol. The second-order valence-electron chi connectivity index (χ2n) is 8.60. The van der Waals surface area contributed by atoms with Crippen LogP contribution in [0.25, 0.3) is 21.9 Å². The summed E-state index contributed by atoms with van der Waals surface area (Å²) < 4.78 is 34.9. The predicted octanol–water partition coefficient (Wildman–Crippen LogP) is 4.55. The summed E-state index contributed by atoms with van der Waals surface area (Å²) in [6, 6.07) is 11.6. The molecule has 8 heteroatoms. The van der Waals surface area contributed by atoms with Crippen molar-refractivity contribution in [3.8, 4) is 0 Å². The number of H-pyrrole nitrogens is 1. The molecule has 2 aromatic heterocycles. The second-order valence-corrected chi connectivity index (χ2v) is 10.3. The van der Waals surface area contributed by atoms with Crippen molar-refractivity contribution in [3.63, 3.8) is 0 Å². The molecule has 0 amide bonds. The summed E-state index contributed by atoms with van der Waals surface area (Å²) in [5.74, 6) is -0.341. The minimum Gasteiger partial charge on any atom is -0.480 e. The van der Waals surface area contributed by atoms with Gasteiger partial charge < -0.3 is 14.5 Å². The average Bonchev–Trinajstić information content (AvgIpc) is 3.39. The number of aliphatic carboxylic acids is 1. The van der Waals surface area contributed by atoms with Gasteiger partial charge >= 0.3 is 5.97 Å². The molecule has 0 aliphatic heterocycles. The van der Waals surface area contributed by atoms with E-state index in [1.54, 1.807) is 12.1 Å². The quantitative estimate of drug-likeness (QED) is 0.353. The number of furan rings is 1. The van der Waals surface area contributed by atoms with Gasteiger partial charge in [0.1, 0.15) is 17.4 Å². The molecule has 4 aromatic rings. The molecular formula is C25H26N2O5S. The van der Waals surface area contributed by atoms with Crippen molar-refractivity contribution < 1.29 is 22.7 Å². The Hall–Kier alpha value is -3.10. The van der Waals surface area contributed by atoms with Crippen molar-refractivity contribution in [2.45, 2.75) is 55.9 Å². The summed E-state index contributed by atoms with van der Waals surface area (Å²) in [6.07, 6.45) is 6.86. The molecule has 0 spiro atoms. The van der Waals surface area contributed by atoms with Gasteiger partial charge in [-0.05, 0) is 62.3 Å². The fraction of sp³-hybridized carbons (Fsp3) is 0.320. The van der Waals surface area contributed by atoms with Gasteiger partial charge in [-0.15, -0.1) is 0 Å². The third kappa shape index (κ3) is 4.16. The summed E-state index contributed by atoms with van der Waals surface area (Å²) in [5.41, 5.74) is 3.59. The van der Waals surface area contributed by atoms with E-state index >= 15 is 0 Å². The largest absolute Gasteiger partial charge is 0.480 e. The van der Waals surface area contributed by atoms with Crippen molar-refractivity contribution >= 4 is 37.9 Å². The van der Waals surface area contributed by atoms with E-state index in [2.05, 4.69) is 9.71 Å². The monoisotopic (exact) mass is 466 g/mol. The van der Waals surface area contributed by atoms with Crippen molar-refractivity contribution in [3.05, 3.63) is 65.5 Å². The van der Waals surface area contributed by atoms with Gasteiger partial charge in [-0.1, -0.05) is 24.3 Å². The van der Waals surface area contributed by atoms with Gasteiger partial charge in [0, 0.05) is 34.5 Å². The van der Waals surface area contributed by atoms with Gasteiger partial charge in [-0.2, -0.15) is 4.72 Å². The maximum atomic E-state index is 13.3. The number of carboxylic acids is 1. The lowest BCUT2D eigenvalue weighted by molar-refractivity contribution is -0.139. The highest BCUT2D eigenvalue weighted by Gasteiger charge is 2.29. The van der Waals surface area contributed by atoms with Crippen LogP contribution in [0.1, 0.15) is 42.6 Å². The third-order valence-corrected chi connectivity index (χ3v) is 7.95. The highest BCUT2D eigenvalue weighted by Crippen LogP contribution is 2.35. The van der Waals surface area contributed by atoms with Crippen molar-refractivity contribution in [1.29, 1.82) is 0 Å². The number of fused-ring (bicyclic) bond motifs is 4. The van der Waals surface area contributed by atoms with Crippen molar-refractivity contribution in [2.75, 3.05) is 0 Å². The van der Waals surface area contributed by atoms with E-state index in [4.69, 9.17) is 4.42 Å². The van der Waals surface area contributed by atoms with Crippen molar-refractivity contribution in [2.24, 2.45) is 0 Å². The van der Waals surface area contributed by atoms with E-state index in [0.717, 1.165) is 53.5 Å². The molecule has 0 fully saturated rings. The van der Waals surface area contributed by atoms with Gasteiger partial charge in [-0.3, -0.25) is 4.79 Å². The topological polar surface area (TPSA) is 112 Å². The molecule has 5 rings (SSSR count). The number of hydrogen-bond acceptors (Lipinski definition) is 4. The Labute approximate surface area is 191 Å². The van der Waals surface area contributed by atoms with Crippen LogP contribution in [0.5, 0.6) is 0 Å². The molecule has 1 aliphatic rings. The zero-order valence-corrected chi connectivity index (χ0v) is 19.0. The molecule has 2 heterocycles. The lowest BCUT2D eigenvalue weighted by Gasteiger charge is -2.16. The molecule has 0 saturated carbocycles. The molecule has 172 valence electrons. The third-order valence-electron chi connectivity index (χ3n) is 6.44. The van der Waals surface area contributed by atoms with Gasteiger partial charge in [0.25, 0.3) is 0 Å². The van der Waals surface area contributed by atoms with Crippen molar-refractivity contribution in [1.82, 2.24) is 9.71 Å². The highest BCUT2D eigenvalue weighted by atomic mass is 32.2. The first-order valence-corrected chi connectivity index (χ1v) is 12.8. The van der Waals surface area contributed by atoms with E-state index in [1.165, 1.54) is 6.07 Å². The molecule has 0 unspecified atom stereocenters. The van der Waals surface area contributed by atoms with E-state index in [9.17, 15) is 18.3 Å². The minimum absolute atomic E-state index is 0.0924. The minimum atomic E-state index is -4.05. The predicted molar refractivity (Wildman–Crippen MR) is 126 cm³/mol. The number of benzene rings is 2. The molecule has 2 aromatic carbocycles. The lowest BCUT2D eigenvalue weighted by Crippen LogP contribution is -2.40. The summed E-state index contributed by atoms with van der Waals surface area (Å²) in [5, 5.41) is 11.4. The van der Waals surface area contributed by atoms with E-state index in [-0.39, 0.29) is 11.3 Å². The zero-order valence-electron chi connectivity index (χ0n) is 18.1. The maximum absolute atomic E-state index is 13.3. The van der Waals surface area contributed by atoms with Crippen LogP contribution in [0.3, 0.4) is 0 Å². The number of aryl methyl sites for hydroxylation is 3. The number of para-hydroxylation sites is 1. The molecular weight excluding hydrogens is 440 g/mol. The summed E-state index contributed by atoms with van der Waals surface area (Å²) in [7, 11) is -4.05. The highest BCUT2D eigenvalue weighted by molar-refractivity contribution is 7.89. The smallest absolute Gasteiger partial charge is 0.321 e. The first kappa shape index (κ1) is 21.7. The van der Waals surface area contributed by atoms with Gasteiger partial charge in [0.05, 0.1) is 4.90 Å². The summed E-state index contributed by atoms with van der Waals surface area (Å²) in [6.45, 7) is 0. The number of aromatic nitrogens is 1.